The number of carbonyl (C=O) groups is 1. The van der Waals surface area contributed by atoms with Crippen LogP contribution in [-0.2, 0) is 0 Å². The zero-order valence-electron chi connectivity index (χ0n) is 10.3. The number of carboxylic acid groups (broad SMARTS) is 1. The molecule has 0 atom stereocenters. The first-order chi connectivity index (χ1) is 9.54. The largest absolute Gasteiger partial charge is 0.477 e. The molecule has 20 heavy (non-hydrogen) atoms. The van der Waals surface area contributed by atoms with Gasteiger partial charge in [-0.3, -0.25) is 0 Å². The molecule has 3 aromatic rings. The molecule has 2 aromatic heterocycles. The zero-order chi connectivity index (χ0) is 14.3. The van der Waals surface area contributed by atoms with Gasteiger partial charge in [0.05, 0.1) is 10.7 Å². The molecule has 0 bridgehead atoms. The summed E-state index contributed by atoms with van der Waals surface area (Å²) in [5, 5.41) is 9.36. The number of fused-ring (bicyclic) bond motifs is 1. The maximum atomic E-state index is 10.9. The normalized spacial score (nSPS) is 10.9. The predicted octanol–water partition coefficient (Wildman–Crippen LogP) is 2.94. The van der Waals surface area contributed by atoms with Crippen molar-refractivity contribution >= 4 is 28.7 Å². The smallest absolute Gasteiger partial charge is 0.354 e. The molecule has 3 rings (SSSR count). The number of rotatable bonds is 2. The molecule has 0 aliphatic rings. The van der Waals surface area contributed by atoms with Crippen LogP contribution in [0.5, 0.6) is 0 Å². The van der Waals surface area contributed by atoms with E-state index >= 15 is 0 Å². The summed E-state index contributed by atoms with van der Waals surface area (Å²) in [7, 11) is 0. The van der Waals surface area contributed by atoms with Crippen molar-refractivity contribution in [2.45, 2.75) is 6.92 Å². The number of hydrogen-bond acceptors (Lipinski definition) is 5. The van der Waals surface area contributed by atoms with E-state index in [-0.39, 0.29) is 5.69 Å². The summed E-state index contributed by atoms with van der Waals surface area (Å²) in [4.78, 5) is 22.8. The van der Waals surface area contributed by atoms with E-state index in [2.05, 4.69) is 15.0 Å². The summed E-state index contributed by atoms with van der Waals surface area (Å²) < 4.78 is 5.43. The molecule has 0 spiro atoms. The molecule has 0 aliphatic carbocycles. The molecule has 0 saturated heterocycles. The molecule has 2 heterocycles. The quantitative estimate of drug-likeness (QED) is 0.780. The summed E-state index contributed by atoms with van der Waals surface area (Å²) in [5.41, 5.74) is 2.11. The van der Waals surface area contributed by atoms with Gasteiger partial charge in [0.25, 0.3) is 0 Å². The van der Waals surface area contributed by atoms with Gasteiger partial charge in [-0.1, -0.05) is 11.6 Å². The number of oxazole rings is 1. The van der Waals surface area contributed by atoms with Crippen molar-refractivity contribution in [2.24, 2.45) is 0 Å². The number of benzene rings is 1. The van der Waals surface area contributed by atoms with E-state index in [1.165, 1.54) is 12.4 Å². The highest BCUT2D eigenvalue weighted by Gasteiger charge is 2.12. The third-order valence-electron chi connectivity index (χ3n) is 2.74. The molecule has 6 nitrogen and oxygen atoms in total. The summed E-state index contributed by atoms with van der Waals surface area (Å²) >= 11 is 6.15. The predicted molar refractivity (Wildman–Crippen MR) is 71.7 cm³/mol. The van der Waals surface area contributed by atoms with E-state index in [0.717, 1.165) is 0 Å². The van der Waals surface area contributed by atoms with Crippen molar-refractivity contribution in [3.05, 3.63) is 41.1 Å². The van der Waals surface area contributed by atoms with Crippen molar-refractivity contribution in [3.8, 4) is 11.3 Å². The fraction of sp³-hybridized carbons (Fsp3) is 0.0769. The Morgan fingerprint density at radius 1 is 1.30 bits per heavy atom. The molecule has 0 aliphatic heterocycles. The van der Waals surface area contributed by atoms with Crippen molar-refractivity contribution in [2.75, 3.05) is 0 Å². The van der Waals surface area contributed by atoms with Gasteiger partial charge in [0, 0.05) is 12.5 Å². The van der Waals surface area contributed by atoms with Crippen molar-refractivity contribution in [1.82, 2.24) is 15.0 Å². The molecule has 100 valence electrons. The van der Waals surface area contributed by atoms with Gasteiger partial charge in [-0.2, -0.15) is 0 Å². The van der Waals surface area contributed by atoms with Crippen LogP contribution < -0.4 is 0 Å². The highest BCUT2D eigenvalue weighted by molar-refractivity contribution is 6.35. The van der Waals surface area contributed by atoms with Gasteiger partial charge >= 0.3 is 5.97 Å². The summed E-state index contributed by atoms with van der Waals surface area (Å²) in [6.07, 6.45) is 1.20. The minimum atomic E-state index is -1.11. The molecular formula is C13H8ClN3O3. The summed E-state index contributed by atoms with van der Waals surface area (Å²) in [5.74, 6) is -0.607. The molecule has 1 N–H and O–H groups in total. The Bertz CT molecular complexity index is 829. The Kier molecular flexibility index (Phi) is 2.87. The molecular weight excluding hydrogens is 282 g/mol. The van der Waals surface area contributed by atoms with Crippen LogP contribution in [0, 0.1) is 6.92 Å². The Balaban J connectivity index is 2.19. The lowest BCUT2D eigenvalue weighted by Crippen LogP contribution is -2.01. The SMILES string of the molecule is Cc1nc2c(Cl)cc(-c3cc(C(=O)O)ncn3)cc2o1. The van der Waals surface area contributed by atoms with Crippen LogP contribution in [0.2, 0.25) is 5.02 Å². The number of aryl methyl sites for hydroxylation is 1. The van der Waals surface area contributed by atoms with Gasteiger partial charge in [0.15, 0.2) is 17.2 Å². The maximum Gasteiger partial charge on any atom is 0.354 e. The first-order valence-corrected chi connectivity index (χ1v) is 6.05. The van der Waals surface area contributed by atoms with Crippen molar-refractivity contribution < 1.29 is 14.3 Å². The summed E-state index contributed by atoms with van der Waals surface area (Å²) in [6.45, 7) is 1.73. The highest BCUT2D eigenvalue weighted by atomic mass is 35.5. The molecule has 0 unspecified atom stereocenters. The minimum absolute atomic E-state index is 0.0834. The number of halogens is 1. The van der Waals surface area contributed by atoms with E-state index < -0.39 is 5.97 Å². The maximum absolute atomic E-state index is 10.9. The number of nitrogens with zero attached hydrogens (tertiary/aromatic N) is 3. The van der Waals surface area contributed by atoms with Crippen LogP contribution in [-0.4, -0.2) is 26.0 Å². The van der Waals surface area contributed by atoms with Crippen LogP contribution in [0.25, 0.3) is 22.4 Å². The Morgan fingerprint density at radius 3 is 2.85 bits per heavy atom. The average Bonchev–Trinajstić information content (AvgIpc) is 2.80. The third kappa shape index (κ3) is 2.10. The highest BCUT2D eigenvalue weighted by Crippen LogP contribution is 2.30. The van der Waals surface area contributed by atoms with E-state index in [9.17, 15) is 4.79 Å². The van der Waals surface area contributed by atoms with E-state index in [4.69, 9.17) is 21.1 Å². The van der Waals surface area contributed by atoms with Crippen molar-refractivity contribution in [3.63, 3.8) is 0 Å². The number of aromatic nitrogens is 3. The fourth-order valence-electron chi connectivity index (χ4n) is 1.88. The lowest BCUT2D eigenvalue weighted by Gasteiger charge is -2.02. The van der Waals surface area contributed by atoms with Crippen LogP contribution in [0.1, 0.15) is 16.4 Å². The van der Waals surface area contributed by atoms with Gasteiger partial charge in [-0.25, -0.2) is 19.7 Å². The molecule has 0 fully saturated rings. The number of hydrogen-bond donors (Lipinski definition) is 1. The second-order valence-corrected chi connectivity index (χ2v) is 4.54. The topological polar surface area (TPSA) is 89.1 Å². The summed E-state index contributed by atoms with van der Waals surface area (Å²) in [6, 6.07) is 4.76. The monoisotopic (exact) mass is 289 g/mol. The van der Waals surface area contributed by atoms with Crippen LogP contribution in [0.15, 0.2) is 28.9 Å². The molecule has 0 saturated carbocycles. The molecule has 0 amide bonds. The zero-order valence-corrected chi connectivity index (χ0v) is 11.0. The second-order valence-electron chi connectivity index (χ2n) is 4.13. The van der Waals surface area contributed by atoms with Gasteiger partial charge in [0.2, 0.25) is 0 Å². The number of carboxylic acids is 1. The third-order valence-corrected chi connectivity index (χ3v) is 3.03. The number of aromatic carboxylic acids is 1. The van der Waals surface area contributed by atoms with Crippen LogP contribution in [0.4, 0.5) is 0 Å². The first kappa shape index (κ1) is 12.6. The van der Waals surface area contributed by atoms with Gasteiger partial charge in [-0.05, 0) is 18.2 Å². The van der Waals surface area contributed by atoms with Gasteiger partial charge in [-0.15, -0.1) is 0 Å². The first-order valence-electron chi connectivity index (χ1n) is 5.67. The second kappa shape index (κ2) is 4.57. The Hall–Kier alpha value is -2.47. The van der Waals surface area contributed by atoms with Gasteiger partial charge in [0.1, 0.15) is 11.8 Å². The lowest BCUT2D eigenvalue weighted by atomic mass is 10.1. The lowest BCUT2D eigenvalue weighted by molar-refractivity contribution is 0.0690. The Labute approximate surface area is 118 Å². The molecule has 7 heteroatoms. The van der Waals surface area contributed by atoms with Crippen molar-refractivity contribution in [1.29, 1.82) is 0 Å². The standard InChI is InChI=1S/C13H8ClN3O3/c1-6-17-12-8(14)2-7(3-11(12)20-6)9-4-10(13(18)19)16-5-15-9/h2-5H,1H3,(H,18,19). The molecule has 1 aromatic carbocycles. The van der Waals surface area contributed by atoms with Crippen LogP contribution >= 0.6 is 11.6 Å². The van der Waals surface area contributed by atoms with E-state index in [0.29, 0.717) is 33.3 Å². The molecule has 0 radical (unpaired) electrons. The fourth-order valence-corrected chi connectivity index (χ4v) is 2.13. The average molecular weight is 290 g/mol. The Morgan fingerprint density at radius 2 is 2.10 bits per heavy atom. The van der Waals surface area contributed by atoms with Crippen LogP contribution in [0.3, 0.4) is 0 Å². The van der Waals surface area contributed by atoms with E-state index in [1.807, 2.05) is 0 Å². The van der Waals surface area contributed by atoms with Gasteiger partial charge < -0.3 is 9.52 Å². The minimum Gasteiger partial charge on any atom is -0.477 e. The van der Waals surface area contributed by atoms with E-state index in [1.54, 1.807) is 19.1 Å².